The number of hydrogen-bond donors (Lipinski definition) is 2. The molecule has 2 N–H and O–H groups in total. The summed E-state index contributed by atoms with van der Waals surface area (Å²) >= 11 is 0. The highest BCUT2D eigenvalue weighted by atomic mass is 16.4. The van der Waals surface area contributed by atoms with Crippen LogP contribution in [0.4, 0.5) is 0 Å². The van der Waals surface area contributed by atoms with Crippen LogP contribution in [0.3, 0.4) is 0 Å². The second-order valence-electron chi connectivity index (χ2n) is 4.73. The van der Waals surface area contributed by atoms with E-state index in [2.05, 4.69) is 18.7 Å². The molecule has 0 atom stereocenters. The average molecular weight is 251 g/mol. The van der Waals surface area contributed by atoms with Crippen LogP contribution in [0.1, 0.15) is 32.3 Å². The number of rotatable bonds is 7. The number of benzene rings is 1. The number of aliphatic carboxylic acids is 1. The van der Waals surface area contributed by atoms with Crippen molar-refractivity contribution in [1.29, 1.82) is 0 Å². The molecule has 0 aliphatic heterocycles. The van der Waals surface area contributed by atoms with Crippen LogP contribution in [0.2, 0.25) is 0 Å². The van der Waals surface area contributed by atoms with E-state index in [-0.39, 0.29) is 12.2 Å². The Balaban J connectivity index is 2.54. The number of phenols is 1. The third-order valence-electron chi connectivity index (χ3n) is 2.86. The molecular formula is C14H21NO3. The predicted molar refractivity (Wildman–Crippen MR) is 70.5 cm³/mol. The molecule has 0 unspecified atom stereocenters. The van der Waals surface area contributed by atoms with Crippen molar-refractivity contribution in [2.75, 3.05) is 6.54 Å². The second kappa shape index (κ2) is 7.01. The van der Waals surface area contributed by atoms with E-state index in [9.17, 15) is 9.90 Å². The molecule has 4 heteroatoms. The maximum absolute atomic E-state index is 10.5. The molecule has 0 bridgehead atoms. The minimum Gasteiger partial charge on any atom is -0.508 e. The largest absolute Gasteiger partial charge is 0.508 e. The zero-order valence-corrected chi connectivity index (χ0v) is 11.0. The van der Waals surface area contributed by atoms with Gasteiger partial charge in [0.25, 0.3) is 0 Å². The predicted octanol–water partition coefficient (Wildman–Crippen LogP) is 2.47. The lowest BCUT2D eigenvalue weighted by molar-refractivity contribution is -0.137. The van der Waals surface area contributed by atoms with E-state index in [1.165, 1.54) is 0 Å². The van der Waals surface area contributed by atoms with Crippen LogP contribution in [0.5, 0.6) is 5.75 Å². The molecule has 0 fully saturated rings. The maximum atomic E-state index is 10.5. The number of nitrogens with zero attached hydrogens (tertiary/aromatic N) is 1. The standard InChI is InChI=1S/C14H21NO3/c1-11(2)15(8-4-7-14(17)18)10-12-5-3-6-13(16)9-12/h3,5-6,9,11,16H,4,7-8,10H2,1-2H3,(H,17,18). The fourth-order valence-electron chi connectivity index (χ4n) is 1.84. The van der Waals surface area contributed by atoms with Crippen LogP contribution in [-0.2, 0) is 11.3 Å². The Bertz CT molecular complexity index is 390. The highest BCUT2D eigenvalue weighted by Gasteiger charge is 2.11. The molecule has 100 valence electrons. The lowest BCUT2D eigenvalue weighted by Crippen LogP contribution is -2.31. The van der Waals surface area contributed by atoms with Crippen molar-refractivity contribution in [3.8, 4) is 5.75 Å². The normalized spacial score (nSPS) is 11.1. The van der Waals surface area contributed by atoms with E-state index < -0.39 is 5.97 Å². The van der Waals surface area contributed by atoms with E-state index in [1.807, 2.05) is 12.1 Å². The van der Waals surface area contributed by atoms with E-state index in [0.29, 0.717) is 12.5 Å². The molecule has 4 nitrogen and oxygen atoms in total. The van der Waals surface area contributed by atoms with E-state index >= 15 is 0 Å². The first-order valence-electron chi connectivity index (χ1n) is 6.23. The first-order valence-corrected chi connectivity index (χ1v) is 6.23. The summed E-state index contributed by atoms with van der Waals surface area (Å²) in [6.07, 6.45) is 0.843. The van der Waals surface area contributed by atoms with Crippen molar-refractivity contribution in [3.63, 3.8) is 0 Å². The topological polar surface area (TPSA) is 60.8 Å². The van der Waals surface area contributed by atoms with Crippen LogP contribution in [0, 0.1) is 0 Å². The summed E-state index contributed by atoms with van der Waals surface area (Å²) in [5.74, 6) is -0.488. The SMILES string of the molecule is CC(C)N(CCCC(=O)O)Cc1cccc(O)c1. The maximum Gasteiger partial charge on any atom is 0.303 e. The zero-order chi connectivity index (χ0) is 13.5. The number of carboxylic acid groups (broad SMARTS) is 1. The van der Waals surface area contributed by atoms with Crippen molar-refractivity contribution in [3.05, 3.63) is 29.8 Å². The van der Waals surface area contributed by atoms with Gasteiger partial charge in [-0.3, -0.25) is 9.69 Å². The fraction of sp³-hybridized carbons (Fsp3) is 0.500. The minimum atomic E-state index is -0.754. The van der Waals surface area contributed by atoms with E-state index in [0.717, 1.165) is 18.7 Å². The number of aromatic hydroxyl groups is 1. The molecular weight excluding hydrogens is 230 g/mol. The Morgan fingerprint density at radius 3 is 2.67 bits per heavy atom. The molecule has 0 heterocycles. The minimum absolute atomic E-state index is 0.198. The van der Waals surface area contributed by atoms with Crippen LogP contribution in [-0.4, -0.2) is 33.7 Å². The second-order valence-corrected chi connectivity index (χ2v) is 4.73. The Morgan fingerprint density at radius 2 is 2.11 bits per heavy atom. The van der Waals surface area contributed by atoms with Crippen molar-refractivity contribution in [1.82, 2.24) is 4.90 Å². The Morgan fingerprint density at radius 1 is 1.39 bits per heavy atom. The third kappa shape index (κ3) is 5.19. The first-order chi connectivity index (χ1) is 8.49. The van der Waals surface area contributed by atoms with Gasteiger partial charge in [-0.2, -0.15) is 0 Å². The quantitative estimate of drug-likeness (QED) is 0.781. The summed E-state index contributed by atoms with van der Waals surface area (Å²) in [6, 6.07) is 7.52. The molecule has 0 aromatic heterocycles. The average Bonchev–Trinajstić information content (AvgIpc) is 2.27. The summed E-state index contributed by atoms with van der Waals surface area (Å²) in [5, 5.41) is 18.1. The monoisotopic (exact) mass is 251 g/mol. The van der Waals surface area contributed by atoms with Gasteiger partial charge in [0, 0.05) is 19.0 Å². The van der Waals surface area contributed by atoms with Crippen LogP contribution in [0.25, 0.3) is 0 Å². The highest BCUT2D eigenvalue weighted by Crippen LogP contribution is 2.14. The molecule has 18 heavy (non-hydrogen) atoms. The first kappa shape index (κ1) is 14.5. The smallest absolute Gasteiger partial charge is 0.303 e. The number of carboxylic acids is 1. The fourth-order valence-corrected chi connectivity index (χ4v) is 1.84. The molecule has 1 aromatic carbocycles. The lowest BCUT2D eigenvalue weighted by atomic mass is 10.1. The lowest BCUT2D eigenvalue weighted by Gasteiger charge is -2.26. The Hall–Kier alpha value is -1.55. The summed E-state index contributed by atoms with van der Waals surface area (Å²) in [5.41, 5.74) is 1.04. The zero-order valence-electron chi connectivity index (χ0n) is 11.0. The summed E-state index contributed by atoms with van der Waals surface area (Å²) in [4.78, 5) is 12.7. The summed E-state index contributed by atoms with van der Waals surface area (Å²) < 4.78 is 0. The summed E-state index contributed by atoms with van der Waals surface area (Å²) in [6.45, 7) is 5.65. The van der Waals surface area contributed by atoms with Gasteiger partial charge in [-0.1, -0.05) is 12.1 Å². The van der Waals surface area contributed by atoms with Crippen molar-refractivity contribution in [2.45, 2.75) is 39.3 Å². The van der Waals surface area contributed by atoms with Crippen LogP contribution >= 0.6 is 0 Å². The van der Waals surface area contributed by atoms with Gasteiger partial charge in [-0.05, 0) is 44.5 Å². The van der Waals surface area contributed by atoms with E-state index in [1.54, 1.807) is 12.1 Å². The molecule has 0 saturated carbocycles. The molecule has 1 rings (SSSR count). The number of hydrogen-bond acceptors (Lipinski definition) is 3. The van der Waals surface area contributed by atoms with Gasteiger partial charge >= 0.3 is 5.97 Å². The molecule has 0 radical (unpaired) electrons. The Kier molecular flexibility index (Phi) is 5.65. The molecule has 0 saturated heterocycles. The number of phenolic OH excluding ortho intramolecular Hbond substituents is 1. The molecule has 0 aliphatic rings. The van der Waals surface area contributed by atoms with Gasteiger partial charge in [0.1, 0.15) is 5.75 Å². The highest BCUT2D eigenvalue weighted by molar-refractivity contribution is 5.66. The van der Waals surface area contributed by atoms with Crippen molar-refractivity contribution < 1.29 is 15.0 Å². The third-order valence-corrected chi connectivity index (χ3v) is 2.86. The van der Waals surface area contributed by atoms with Gasteiger partial charge in [0.05, 0.1) is 0 Å². The number of carbonyl (C=O) groups is 1. The molecule has 0 aliphatic carbocycles. The van der Waals surface area contributed by atoms with Crippen LogP contribution < -0.4 is 0 Å². The van der Waals surface area contributed by atoms with Gasteiger partial charge in [-0.25, -0.2) is 0 Å². The van der Waals surface area contributed by atoms with Gasteiger partial charge in [0.2, 0.25) is 0 Å². The summed E-state index contributed by atoms with van der Waals surface area (Å²) in [7, 11) is 0. The van der Waals surface area contributed by atoms with Crippen molar-refractivity contribution in [2.24, 2.45) is 0 Å². The van der Waals surface area contributed by atoms with Crippen LogP contribution in [0.15, 0.2) is 24.3 Å². The van der Waals surface area contributed by atoms with Gasteiger partial charge < -0.3 is 10.2 Å². The molecule has 0 amide bonds. The van der Waals surface area contributed by atoms with Gasteiger partial charge in [0.15, 0.2) is 0 Å². The molecule has 1 aromatic rings. The van der Waals surface area contributed by atoms with Gasteiger partial charge in [-0.15, -0.1) is 0 Å². The molecule has 0 spiro atoms. The Labute approximate surface area is 108 Å². The van der Waals surface area contributed by atoms with Crippen molar-refractivity contribution >= 4 is 5.97 Å². The van der Waals surface area contributed by atoms with E-state index in [4.69, 9.17) is 5.11 Å².